The summed E-state index contributed by atoms with van der Waals surface area (Å²) in [6.45, 7) is 0. The van der Waals surface area contributed by atoms with Crippen LogP contribution >= 0.6 is 15.9 Å². The molecule has 1 aromatic rings. The van der Waals surface area contributed by atoms with Gasteiger partial charge in [-0.15, -0.1) is 0 Å². The molecule has 0 saturated carbocycles. The van der Waals surface area contributed by atoms with Crippen molar-refractivity contribution in [3.63, 3.8) is 0 Å². The van der Waals surface area contributed by atoms with Crippen LogP contribution in [0.1, 0.15) is 18.1 Å². The van der Waals surface area contributed by atoms with E-state index in [0.717, 1.165) is 0 Å². The number of aliphatic hydroxyl groups is 1. The van der Waals surface area contributed by atoms with Gasteiger partial charge in [0.05, 0.1) is 24.1 Å². The first-order valence-corrected chi connectivity index (χ1v) is 5.07. The van der Waals surface area contributed by atoms with E-state index in [-0.39, 0.29) is 12.2 Å². The number of aromatic hydroxyl groups is 1. The van der Waals surface area contributed by atoms with E-state index in [4.69, 9.17) is 0 Å². The molecule has 0 radical (unpaired) electrons. The third kappa shape index (κ3) is 3.21. The SMILES string of the molecule is COC(=O)CC(O)c1ccc(O)c(Br)c1. The van der Waals surface area contributed by atoms with E-state index in [2.05, 4.69) is 20.7 Å². The van der Waals surface area contributed by atoms with Crippen LogP contribution in [0, 0.1) is 0 Å². The van der Waals surface area contributed by atoms with Crippen molar-refractivity contribution in [2.24, 2.45) is 0 Å². The van der Waals surface area contributed by atoms with Gasteiger partial charge in [-0.1, -0.05) is 6.07 Å². The molecule has 0 aliphatic rings. The number of rotatable bonds is 3. The molecule has 0 fully saturated rings. The average molecular weight is 275 g/mol. The molecule has 0 heterocycles. The molecular formula is C10H11BrO4. The molecule has 2 N–H and O–H groups in total. The second kappa shape index (κ2) is 5.14. The maximum atomic E-state index is 10.9. The minimum atomic E-state index is -0.922. The van der Waals surface area contributed by atoms with Gasteiger partial charge in [0, 0.05) is 0 Å². The minimum absolute atomic E-state index is 0.0871. The average Bonchev–Trinajstić information content (AvgIpc) is 2.21. The predicted molar refractivity (Wildman–Crippen MR) is 57.4 cm³/mol. The minimum Gasteiger partial charge on any atom is -0.507 e. The molecular weight excluding hydrogens is 264 g/mol. The topological polar surface area (TPSA) is 66.8 Å². The monoisotopic (exact) mass is 274 g/mol. The Morgan fingerprint density at radius 2 is 2.27 bits per heavy atom. The van der Waals surface area contributed by atoms with Crippen molar-refractivity contribution in [2.75, 3.05) is 7.11 Å². The summed E-state index contributed by atoms with van der Waals surface area (Å²) in [4.78, 5) is 10.9. The summed E-state index contributed by atoms with van der Waals surface area (Å²) in [6, 6.07) is 4.55. The van der Waals surface area contributed by atoms with Crippen molar-refractivity contribution in [2.45, 2.75) is 12.5 Å². The Morgan fingerprint density at radius 3 is 2.80 bits per heavy atom. The Hall–Kier alpha value is -1.07. The van der Waals surface area contributed by atoms with Crippen molar-refractivity contribution in [3.05, 3.63) is 28.2 Å². The maximum Gasteiger partial charge on any atom is 0.308 e. The molecule has 0 saturated heterocycles. The van der Waals surface area contributed by atoms with Crippen LogP contribution in [0.25, 0.3) is 0 Å². The number of hydrogen-bond donors (Lipinski definition) is 2. The van der Waals surface area contributed by atoms with Gasteiger partial charge in [0.1, 0.15) is 5.75 Å². The highest BCUT2D eigenvalue weighted by atomic mass is 79.9. The van der Waals surface area contributed by atoms with E-state index in [9.17, 15) is 15.0 Å². The highest BCUT2D eigenvalue weighted by Gasteiger charge is 2.14. The fourth-order valence-electron chi connectivity index (χ4n) is 1.09. The Balaban J connectivity index is 2.78. The molecule has 5 heteroatoms. The van der Waals surface area contributed by atoms with Crippen molar-refractivity contribution in [1.29, 1.82) is 0 Å². The fraction of sp³-hybridized carbons (Fsp3) is 0.300. The lowest BCUT2D eigenvalue weighted by Crippen LogP contribution is -2.07. The van der Waals surface area contributed by atoms with Crippen molar-refractivity contribution < 1.29 is 19.7 Å². The summed E-state index contributed by atoms with van der Waals surface area (Å²) in [5.41, 5.74) is 0.546. The molecule has 1 rings (SSSR count). The maximum absolute atomic E-state index is 10.9. The number of carbonyl (C=O) groups is 1. The largest absolute Gasteiger partial charge is 0.507 e. The van der Waals surface area contributed by atoms with E-state index in [1.54, 1.807) is 12.1 Å². The van der Waals surface area contributed by atoms with Crippen LogP contribution in [0.5, 0.6) is 5.75 Å². The third-order valence-electron chi connectivity index (χ3n) is 1.94. The number of carbonyl (C=O) groups excluding carboxylic acids is 1. The second-order valence-electron chi connectivity index (χ2n) is 3.01. The standard InChI is InChI=1S/C10H11BrO4/c1-15-10(14)5-9(13)6-2-3-8(12)7(11)4-6/h2-4,9,12-13H,5H2,1H3. The van der Waals surface area contributed by atoms with E-state index < -0.39 is 12.1 Å². The lowest BCUT2D eigenvalue weighted by atomic mass is 10.1. The number of methoxy groups -OCH3 is 1. The molecule has 0 aliphatic carbocycles. The molecule has 15 heavy (non-hydrogen) atoms. The van der Waals surface area contributed by atoms with E-state index in [1.807, 2.05) is 0 Å². The van der Waals surface area contributed by atoms with Crippen molar-refractivity contribution >= 4 is 21.9 Å². The molecule has 0 aromatic heterocycles. The summed E-state index contributed by atoms with van der Waals surface area (Å²) in [7, 11) is 1.27. The molecule has 0 spiro atoms. The Bertz CT molecular complexity index is 364. The van der Waals surface area contributed by atoms with Crippen molar-refractivity contribution in [3.8, 4) is 5.75 Å². The smallest absolute Gasteiger partial charge is 0.308 e. The zero-order valence-corrected chi connectivity index (χ0v) is 9.69. The van der Waals surface area contributed by atoms with Crippen LogP contribution < -0.4 is 0 Å². The van der Waals surface area contributed by atoms with Gasteiger partial charge in [-0.25, -0.2) is 0 Å². The van der Waals surface area contributed by atoms with Gasteiger partial charge < -0.3 is 14.9 Å². The van der Waals surface area contributed by atoms with Gasteiger partial charge >= 0.3 is 5.97 Å². The number of halogens is 1. The zero-order valence-electron chi connectivity index (χ0n) is 8.11. The lowest BCUT2D eigenvalue weighted by molar-refractivity contribution is -0.142. The van der Waals surface area contributed by atoms with Crippen LogP contribution in [0.3, 0.4) is 0 Å². The molecule has 1 aromatic carbocycles. The number of ether oxygens (including phenoxy) is 1. The normalized spacial score (nSPS) is 12.2. The van der Waals surface area contributed by atoms with Crippen molar-refractivity contribution in [1.82, 2.24) is 0 Å². The van der Waals surface area contributed by atoms with Gasteiger partial charge in [-0.2, -0.15) is 0 Å². The number of phenolic OH excluding ortho intramolecular Hbond substituents is 1. The summed E-state index contributed by atoms with van der Waals surface area (Å²) < 4.78 is 4.91. The first-order chi connectivity index (χ1) is 7.04. The highest BCUT2D eigenvalue weighted by molar-refractivity contribution is 9.10. The molecule has 0 amide bonds. The number of hydrogen-bond acceptors (Lipinski definition) is 4. The van der Waals surface area contributed by atoms with Crippen LogP contribution in [-0.2, 0) is 9.53 Å². The molecule has 4 nitrogen and oxygen atoms in total. The molecule has 1 unspecified atom stereocenters. The van der Waals surface area contributed by atoms with Gasteiger partial charge in [0.2, 0.25) is 0 Å². The van der Waals surface area contributed by atoms with Crippen LogP contribution in [0.15, 0.2) is 22.7 Å². The molecule has 82 valence electrons. The summed E-state index contributed by atoms with van der Waals surface area (Å²) in [5, 5.41) is 18.9. The lowest BCUT2D eigenvalue weighted by Gasteiger charge is -2.10. The molecule has 1 atom stereocenters. The van der Waals surface area contributed by atoms with Gasteiger partial charge in [0.25, 0.3) is 0 Å². The van der Waals surface area contributed by atoms with Crippen LogP contribution in [-0.4, -0.2) is 23.3 Å². The summed E-state index contributed by atoms with van der Waals surface area (Å²) in [6.07, 6.45) is -1.03. The number of esters is 1. The van der Waals surface area contributed by atoms with Gasteiger partial charge in [-0.3, -0.25) is 4.79 Å². The Kier molecular flexibility index (Phi) is 4.11. The number of phenols is 1. The Labute approximate surface area is 95.6 Å². The summed E-state index contributed by atoms with van der Waals surface area (Å²) >= 11 is 3.12. The van der Waals surface area contributed by atoms with Crippen LogP contribution in [0.4, 0.5) is 0 Å². The first kappa shape index (κ1) is 12.0. The fourth-order valence-corrected chi connectivity index (χ4v) is 1.49. The van der Waals surface area contributed by atoms with E-state index in [1.165, 1.54) is 13.2 Å². The Morgan fingerprint density at radius 1 is 1.60 bits per heavy atom. The predicted octanol–water partition coefficient (Wildman–Crippen LogP) is 1.75. The molecule has 0 bridgehead atoms. The highest BCUT2D eigenvalue weighted by Crippen LogP contribution is 2.28. The first-order valence-electron chi connectivity index (χ1n) is 4.28. The van der Waals surface area contributed by atoms with Gasteiger partial charge in [0.15, 0.2) is 0 Å². The van der Waals surface area contributed by atoms with E-state index >= 15 is 0 Å². The quantitative estimate of drug-likeness (QED) is 0.825. The van der Waals surface area contributed by atoms with Gasteiger partial charge in [-0.05, 0) is 33.6 Å². The molecule has 0 aliphatic heterocycles. The zero-order chi connectivity index (χ0) is 11.4. The third-order valence-corrected chi connectivity index (χ3v) is 2.58. The second-order valence-corrected chi connectivity index (χ2v) is 3.86. The van der Waals surface area contributed by atoms with Crippen LogP contribution in [0.2, 0.25) is 0 Å². The number of aliphatic hydroxyl groups excluding tert-OH is 1. The number of benzene rings is 1. The summed E-state index contributed by atoms with van der Waals surface area (Å²) in [5.74, 6) is -0.393. The van der Waals surface area contributed by atoms with E-state index in [0.29, 0.717) is 10.0 Å².